The van der Waals surface area contributed by atoms with Gasteiger partial charge in [-0.2, -0.15) is 0 Å². The molecule has 2 aromatic rings. The van der Waals surface area contributed by atoms with Crippen molar-refractivity contribution in [2.24, 2.45) is 0 Å². The van der Waals surface area contributed by atoms with Gasteiger partial charge in [-0.15, -0.1) is 0 Å². The molecule has 1 N–H and O–H groups in total. The van der Waals surface area contributed by atoms with Crippen LogP contribution in [0.15, 0.2) is 42.5 Å². The predicted octanol–water partition coefficient (Wildman–Crippen LogP) is 3.25. The van der Waals surface area contributed by atoms with Crippen LogP contribution in [0, 0.1) is 13.8 Å². The Morgan fingerprint density at radius 1 is 1.04 bits per heavy atom. The zero-order chi connectivity index (χ0) is 20.7. The zero-order valence-corrected chi connectivity index (χ0v) is 16.6. The summed E-state index contributed by atoms with van der Waals surface area (Å²) in [4.78, 5) is 36.9. The number of carbonyl (C=O) groups excluding carboxylic acids is 3. The van der Waals surface area contributed by atoms with Crippen LogP contribution in [0.1, 0.15) is 45.7 Å². The highest BCUT2D eigenvalue weighted by Gasteiger charge is 2.22. The molecule has 0 saturated carbocycles. The highest BCUT2D eigenvalue weighted by Crippen LogP contribution is 2.18. The fourth-order valence-electron chi connectivity index (χ4n) is 2.70. The number of amides is 1. The number of ketones is 1. The molecule has 0 aliphatic heterocycles. The molecule has 6 nitrogen and oxygen atoms in total. The molecular weight excluding hydrogens is 358 g/mol. The maximum absolute atomic E-state index is 12.5. The molecule has 0 radical (unpaired) electrons. The lowest BCUT2D eigenvalue weighted by molar-refractivity contribution is -0.145. The second kappa shape index (κ2) is 9.69. The van der Waals surface area contributed by atoms with E-state index in [0.717, 1.165) is 11.1 Å². The minimum absolute atomic E-state index is 0.275. The van der Waals surface area contributed by atoms with Crippen molar-refractivity contribution < 1.29 is 23.9 Å². The summed E-state index contributed by atoms with van der Waals surface area (Å²) < 4.78 is 10.6. The van der Waals surface area contributed by atoms with Crippen molar-refractivity contribution in [3.05, 3.63) is 64.7 Å². The van der Waals surface area contributed by atoms with Crippen molar-refractivity contribution in [1.29, 1.82) is 0 Å². The van der Waals surface area contributed by atoms with Crippen molar-refractivity contribution in [1.82, 2.24) is 5.32 Å². The van der Waals surface area contributed by atoms with E-state index in [2.05, 4.69) is 5.32 Å². The number of ether oxygens (including phenoxy) is 2. The van der Waals surface area contributed by atoms with Gasteiger partial charge in [0.2, 0.25) is 5.78 Å². The summed E-state index contributed by atoms with van der Waals surface area (Å²) in [5, 5.41) is 2.50. The minimum Gasteiger partial charge on any atom is -0.493 e. The van der Waals surface area contributed by atoms with Crippen molar-refractivity contribution in [3.8, 4) is 5.75 Å². The number of benzene rings is 2. The Labute approximate surface area is 164 Å². The van der Waals surface area contributed by atoms with Crippen molar-refractivity contribution in [2.75, 3.05) is 13.2 Å². The average Bonchev–Trinajstić information content (AvgIpc) is 2.68. The van der Waals surface area contributed by atoms with E-state index in [4.69, 9.17) is 9.47 Å². The van der Waals surface area contributed by atoms with E-state index in [0.29, 0.717) is 23.5 Å². The Hall–Kier alpha value is -3.15. The van der Waals surface area contributed by atoms with Crippen LogP contribution in [-0.2, 0) is 9.53 Å². The second-order valence-corrected chi connectivity index (χ2v) is 6.43. The number of Topliss-reactive ketones (excluding diaryl/α,β-unsaturated/α-hetero) is 1. The third kappa shape index (κ3) is 5.42. The Morgan fingerprint density at radius 3 is 2.46 bits per heavy atom. The van der Waals surface area contributed by atoms with Gasteiger partial charge >= 0.3 is 5.97 Å². The minimum atomic E-state index is -0.944. The summed E-state index contributed by atoms with van der Waals surface area (Å²) in [6, 6.07) is 12.3. The van der Waals surface area contributed by atoms with Gasteiger partial charge in [0.1, 0.15) is 12.3 Å². The Morgan fingerprint density at radius 2 is 1.75 bits per heavy atom. The first-order valence-electron chi connectivity index (χ1n) is 9.14. The Kier molecular flexibility index (Phi) is 7.32. The summed E-state index contributed by atoms with van der Waals surface area (Å²) in [6.07, 6.45) is -0.944. The molecule has 0 aromatic heterocycles. The SMILES string of the molecule is CCOc1ccccc1C(=O)NCC(=O)O[C@@H](C)C(=O)c1cc(C)ccc1C. The van der Waals surface area contributed by atoms with Crippen LogP contribution in [0.4, 0.5) is 0 Å². The summed E-state index contributed by atoms with van der Waals surface area (Å²) in [7, 11) is 0. The van der Waals surface area contributed by atoms with Crippen LogP contribution < -0.4 is 10.1 Å². The third-order valence-corrected chi connectivity index (χ3v) is 4.16. The van der Waals surface area contributed by atoms with Crippen molar-refractivity contribution in [2.45, 2.75) is 33.8 Å². The fourth-order valence-corrected chi connectivity index (χ4v) is 2.70. The van der Waals surface area contributed by atoms with E-state index >= 15 is 0 Å². The molecule has 0 fully saturated rings. The quantitative estimate of drug-likeness (QED) is 0.559. The highest BCUT2D eigenvalue weighted by molar-refractivity contribution is 6.02. The Bertz CT molecular complexity index is 875. The zero-order valence-electron chi connectivity index (χ0n) is 16.6. The maximum Gasteiger partial charge on any atom is 0.326 e. The molecule has 0 spiro atoms. The van der Waals surface area contributed by atoms with Crippen LogP contribution >= 0.6 is 0 Å². The molecule has 1 atom stereocenters. The standard InChI is InChI=1S/C22H25NO5/c1-5-27-19-9-7-6-8-17(19)22(26)23-13-20(24)28-16(4)21(25)18-12-14(2)10-11-15(18)3/h6-12,16H,5,13H2,1-4H3,(H,23,26)/t16-/m0/s1. The largest absolute Gasteiger partial charge is 0.493 e. The van der Waals surface area contributed by atoms with E-state index in [1.165, 1.54) is 6.92 Å². The number of aryl methyl sites for hydroxylation is 2. The molecule has 2 rings (SSSR count). The summed E-state index contributed by atoms with van der Waals surface area (Å²) in [5.74, 6) is -0.972. The smallest absolute Gasteiger partial charge is 0.326 e. The molecular formula is C22H25NO5. The van der Waals surface area contributed by atoms with Gasteiger partial charge in [0.15, 0.2) is 6.10 Å². The maximum atomic E-state index is 12.5. The molecule has 148 valence electrons. The topological polar surface area (TPSA) is 81.7 Å². The van der Waals surface area contributed by atoms with Gasteiger partial charge in [0, 0.05) is 5.56 Å². The van der Waals surface area contributed by atoms with Gasteiger partial charge in [0.05, 0.1) is 12.2 Å². The molecule has 2 aromatic carbocycles. The fraction of sp³-hybridized carbons (Fsp3) is 0.318. The molecule has 1 amide bonds. The predicted molar refractivity (Wildman–Crippen MR) is 106 cm³/mol. The lowest BCUT2D eigenvalue weighted by atomic mass is 9.99. The van der Waals surface area contributed by atoms with Gasteiger partial charge in [0.25, 0.3) is 5.91 Å². The van der Waals surface area contributed by atoms with Gasteiger partial charge in [-0.25, -0.2) is 0 Å². The highest BCUT2D eigenvalue weighted by atomic mass is 16.5. The summed E-state index contributed by atoms with van der Waals surface area (Å²) in [6.45, 7) is 7.14. The molecule has 0 unspecified atom stereocenters. The molecule has 0 saturated heterocycles. The third-order valence-electron chi connectivity index (χ3n) is 4.16. The number of carbonyl (C=O) groups is 3. The monoisotopic (exact) mass is 383 g/mol. The van der Waals surface area contributed by atoms with Gasteiger partial charge in [-0.3, -0.25) is 14.4 Å². The van der Waals surface area contributed by atoms with Gasteiger partial charge in [-0.1, -0.05) is 29.8 Å². The lowest BCUT2D eigenvalue weighted by Gasteiger charge is -2.15. The number of esters is 1. The van der Waals surface area contributed by atoms with E-state index < -0.39 is 18.0 Å². The molecule has 6 heteroatoms. The van der Waals surface area contributed by atoms with E-state index in [-0.39, 0.29) is 12.3 Å². The first kappa shape index (κ1) is 21.2. The normalized spacial score (nSPS) is 11.4. The van der Waals surface area contributed by atoms with Gasteiger partial charge in [-0.05, 0) is 51.5 Å². The number of rotatable bonds is 8. The van der Waals surface area contributed by atoms with Crippen molar-refractivity contribution in [3.63, 3.8) is 0 Å². The first-order valence-corrected chi connectivity index (χ1v) is 9.14. The molecule has 28 heavy (non-hydrogen) atoms. The molecule has 0 heterocycles. The Balaban J connectivity index is 1.94. The van der Waals surface area contributed by atoms with E-state index in [1.54, 1.807) is 30.3 Å². The van der Waals surface area contributed by atoms with Gasteiger partial charge < -0.3 is 14.8 Å². The average molecular weight is 383 g/mol. The van der Waals surface area contributed by atoms with Crippen LogP contribution in [-0.4, -0.2) is 36.9 Å². The van der Waals surface area contributed by atoms with Crippen LogP contribution in [0.25, 0.3) is 0 Å². The van der Waals surface area contributed by atoms with Crippen molar-refractivity contribution >= 4 is 17.7 Å². The summed E-state index contributed by atoms with van der Waals surface area (Å²) >= 11 is 0. The first-order chi connectivity index (χ1) is 13.3. The van der Waals surface area contributed by atoms with Crippen LogP contribution in [0.2, 0.25) is 0 Å². The van der Waals surface area contributed by atoms with Crippen LogP contribution in [0.3, 0.4) is 0 Å². The molecule has 0 bridgehead atoms. The van der Waals surface area contributed by atoms with Crippen LogP contribution in [0.5, 0.6) is 5.75 Å². The number of nitrogens with one attached hydrogen (secondary N) is 1. The number of hydrogen-bond donors (Lipinski definition) is 1. The number of hydrogen-bond acceptors (Lipinski definition) is 5. The van der Waals surface area contributed by atoms with E-state index in [9.17, 15) is 14.4 Å². The lowest BCUT2D eigenvalue weighted by Crippen LogP contribution is -2.34. The second-order valence-electron chi connectivity index (χ2n) is 6.43. The van der Waals surface area contributed by atoms with E-state index in [1.807, 2.05) is 32.9 Å². The molecule has 0 aliphatic rings. The summed E-state index contributed by atoms with van der Waals surface area (Å²) in [5.41, 5.74) is 2.62. The number of para-hydroxylation sites is 1. The molecule has 0 aliphatic carbocycles.